The zero-order chi connectivity index (χ0) is 10.9. The SMILES string of the molecule is O=S(=O)(Cl)c1cccc(OC2COC2)c1. The Hall–Kier alpha value is -0.780. The number of rotatable bonds is 3. The monoisotopic (exact) mass is 248 g/mol. The van der Waals surface area contributed by atoms with Crippen molar-refractivity contribution in [2.75, 3.05) is 13.2 Å². The van der Waals surface area contributed by atoms with Crippen molar-refractivity contribution < 1.29 is 17.9 Å². The largest absolute Gasteiger partial charge is 0.486 e. The molecule has 0 saturated carbocycles. The molecule has 0 amide bonds. The van der Waals surface area contributed by atoms with Gasteiger partial charge in [-0.05, 0) is 12.1 Å². The first-order chi connectivity index (χ1) is 7.05. The smallest absolute Gasteiger partial charge is 0.261 e. The third-order valence-electron chi connectivity index (χ3n) is 2.00. The Balaban J connectivity index is 2.18. The zero-order valence-electron chi connectivity index (χ0n) is 7.72. The molecule has 0 spiro atoms. The molecule has 0 atom stereocenters. The van der Waals surface area contributed by atoms with Gasteiger partial charge in [0.1, 0.15) is 11.9 Å². The minimum atomic E-state index is -3.69. The molecule has 0 bridgehead atoms. The lowest BCUT2D eigenvalue weighted by atomic mass is 10.3. The Morgan fingerprint density at radius 2 is 2.13 bits per heavy atom. The van der Waals surface area contributed by atoms with Crippen LogP contribution < -0.4 is 4.74 Å². The summed E-state index contributed by atoms with van der Waals surface area (Å²) in [6.45, 7) is 1.08. The summed E-state index contributed by atoms with van der Waals surface area (Å²) in [5.74, 6) is 0.491. The van der Waals surface area contributed by atoms with E-state index in [2.05, 4.69) is 0 Å². The molecule has 1 saturated heterocycles. The van der Waals surface area contributed by atoms with Crippen LogP contribution in [-0.2, 0) is 13.8 Å². The van der Waals surface area contributed by atoms with E-state index in [4.69, 9.17) is 20.2 Å². The van der Waals surface area contributed by atoms with Crippen LogP contribution in [0.15, 0.2) is 29.2 Å². The predicted octanol–water partition coefficient (Wildman–Crippen LogP) is 1.39. The van der Waals surface area contributed by atoms with Crippen LogP contribution in [-0.4, -0.2) is 27.7 Å². The van der Waals surface area contributed by atoms with Crippen LogP contribution in [0.5, 0.6) is 5.75 Å². The summed E-state index contributed by atoms with van der Waals surface area (Å²) in [5.41, 5.74) is 0. The zero-order valence-corrected chi connectivity index (χ0v) is 9.29. The van der Waals surface area contributed by atoms with E-state index in [0.29, 0.717) is 19.0 Å². The van der Waals surface area contributed by atoms with Gasteiger partial charge in [-0.3, -0.25) is 0 Å². The number of benzene rings is 1. The minimum absolute atomic E-state index is 0.0123. The molecular weight excluding hydrogens is 240 g/mol. The van der Waals surface area contributed by atoms with Crippen LogP contribution in [0.2, 0.25) is 0 Å². The van der Waals surface area contributed by atoms with Gasteiger partial charge in [0.05, 0.1) is 18.1 Å². The molecule has 1 aromatic rings. The first kappa shape index (κ1) is 10.7. The van der Waals surface area contributed by atoms with Crippen LogP contribution >= 0.6 is 10.7 Å². The van der Waals surface area contributed by atoms with Gasteiger partial charge in [-0.1, -0.05) is 6.07 Å². The second kappa shape index (κ2) is 4.00. The number of hydrogen-bond donors (Lipinski definition) is 0. The van der Waals surface area contributed by atoms with Crippen molar-refractivity contribution in [3.05, 3.63) is 24.3 Å². The molecule has 0 unspecified atom stereocenters. The summed E-state index contributed by atoms with van der Waals surface area (Å²) in [5, 5.41) is 0. The Morgan fingerprint density at radius 3 is 2.67 bits per heavy atom. The van der Waals surface area contributed by atoms with Crippen LogP contribution in [0.4, 0.5) is 0 Å². The van der Waals surface area contributed by atoms with Crippen molar-refractivity contribution in [2.45, 2.75) is 11.0 Å². The van der Waals surface area contributed by atoms with Crippen LogP contribution in [0, 0.1) is 0 Å². The van der Waals surface area contributed by atoms with E-state index in [9.17, 15) is 8.42 Å². The van der Waals surface area contributed by atoms with E-state index >= 15 is 0 Å². The van der Waals surface area contributed by atoms with Gasteiger partial charge in [-0.2, -0.15) is 0 Å². The highest BCUT2D eigenvalue weighted by atomic mass is 35.7. The van der Waals surface area contributed by atoms with Gasteiger partial charge >= 0.3 is 0 Å². The van der Waals surface area contributed by atoms with E-state index in [0.717, 1.165) is 0 Å². The van der Waals surface area contributed by atoms with E-state index in [1.165, 1.54) is 12.1 Å². The number of hydrogen-bond acceptors (Lipinski definition) is 4. The molecule has 0 radical (unpaired) electrons. The Bertz CT molecular complexity index is 453. The van der Waals surface area contributed by atoms with Gasteiger partial charge in [0.2, 0.25) is 0 Å². The second-order valence-electron chi connectivity index (χ2n) is 3.19. The summed E-state index contributed by atoms with van der Waals surface area (Å²) < 4.78 is 32.5. The van der Waals surface area contributed by atoms with Crippen LogP contribution in [0.3, 0.4) is 0 Å². The van der Waals surface area contributed by atoms with E-state index in [-0.39, 0.29) is 11.0 Å². The normalized spacial score (nSPS) is 17.1. The molecule has 1 aliphatic heterocycles. The first-order valence-corrected chi connectivity index (χ1v) is 6.66. The first-order valence-electron chi connectivity index (χ1n) is 4.35. The molecule has 2 rings (SSSR count). The van der Waals surface area contributed by atoms with Gasteiger partial charge in [-0.25, -0.2) is 8.42 Å². The molecule has 1 fully saturated rings. The molecule has 1 aliphatic rings. The minimum Gasteiger partial charge on any atom is -0.486 e. The van der Waals surface area contributed by atoms with Gasteiger partial charge < -0.3 is 9.47 Å². The molecule has 15 heavy (non-hydrogen) atoms. The molecule has 82 valence electrons. The average molecular weight is 249 g/mol. The van der Waals surface area contributed by atoms with Gasteiger partial charge in [0.25, 0.3) is 9.05 Å². The van der Waals surface area contributed by atoms with Crippen molar-refractivity contribution in [2.24, 2.45) is 0 Å². The molecule has 0 N–H and O–H groups in total. The lowest BCUT2D eigenvalue weighted by Gasteiger charge is -2.26. The molecule has 1 aromatic carbocycles. The summed E-state index contributed by atoms with van der Waals surface area (Å²) >= 11 is 0. The fourth-order valence-corrected chi connectivity index (χ4v) is 1.96. The van der Waals surface area contributed by atoms with Crippen molar-refractivity contribution in [3.63, 3.8) is 0 Å². The van der Waals surface area contributed by atoms with Crippen molar-refractivity contribution in [3.8, 4) is 5.75 Å². The van der Waals surface area contributed by atoms with Gasteiger partial charge in [-0.15, -0.1) is 0 Å². The van der Waals surface area contributed by atoms with Crippen LogP contribution in [0.1, 0.15) is 0 Å². The highest BCUT2D eigenvalue weighted by Crippen LogP contribution is 2.22. The maximum absolute atomic E-state index is 11.0. The fraction of sp³-hybridized carbons (Fsp3) is 0.333. The Morgan fingerprint density at radius 1 is 1.40 bits per heavy atom. The molecule has 6 heteroatoms. The predicted molar refractivity (Wildman–Crippen MR) is 54.7 cm³/mol. The maximum Gasteiger partial charge on any atom is 0.261 e. The summed E-state index contributed by atoms with van der Waals surface area (Å²) in [6, 6.07) is 6.10. The third kappa shape index (κ3) is 2.62. The molecule has 0 aliphatic carbocycles. The lowest BCUT2D eigenvalue weighted by molar-refractivity contribution is -0.0797. The van der Waals surface area contributed by atoms with Crippen molar-refractivity contribution in [1.29, 1.82) is 0 Å². The molecule has 1 heterocycles. The standard InChI is InChI=1S/C9H9ClO4S/c10-15(11,12)9-3-1-2-7(4-9)14-8-5-13-6-8/h1-4,8H,5-6H2. The molecule has 4 nitrogen and oxygen atoms in total. The van der Waals surface area contributed by atoms with Crippen molar-refractivity contribution >= 4 is 19.7 Å². The topological polar surface area (TPSA) is 52.6 Å². The lowest BCUT2D eigenvalue weighted by Crippen LogP contribution is -2.38. The fourth-order valence-electron chi connectivity index (χ4n) is 1.17. The second-order valence-corrected chi connectivity index (χ2v) is 5.76. The maximum atomic E-state index is 11.0. The quantitative estimate of drug-likeness (QED) is 0.759. The highest BCUT2D eigenvalue weighted by molar-refractivity contribution is 8.13. The third-order valence-corrected chi connectivity index (χ3v) is 3.35. The summed E-state index contributed by atoms with van der Waals surface area (Å²) in [7, 11) is 1.52. The average Bonchev–Trinajstić information content (AvgIpc) is 2.11. The van der Waals surface area contributed by atoms with Gasteiger partial charge in [0, 0.05) is 16.7 Å². The Kier molecular flexibility index (Phi) is 2.86. The molecular formula is C9H9ClO4S. The van der Waals surface area contributed by atoms with E-state index in [1.807, 2.05) is 0 Å². The Labute approximate surface area is 92.2 Å². The summed E-state index contributed by atoms with van der Waals surface area (Å²) in [6.07, 6.45) is 0.0123. The number of halogens is 1. The van der Waals surface area contributed by atoms with Gasteiger partial charge in [0.15, 0.2) is 0 Å². The van der Waals surface area contributed by atoms with E-state index < -0.39 is 9.05 Å². The highest BCUT2D eigenvalue weighted by Gasteiger charge is 2.20. The van der Waals surface area contributed by atoms with E-state index in [1.54, 1.807) is 12.1 Å². The van der Waals surface area contributed by atoms with Crippen molar-refractivity contribution in [1.82, 2.24) is 0 Å². The number of ether oxygens (including phenoxy) is 2. The molecule has 0 aromatic heterocycles. The van der Waals surface area contributed by atoms with Crippen LogP contribution in [0.25, 0.3) is 0 Å². The summed E-state index contributed by atoms with van der Waals surface area (Å²) in [4.78, 5) is 0.0434.